The minimum Gasteiger partial charge on any atom is -0.355 e. The first-order valence-electron chi connectivity index (χ1n) is 14.7. The molecule has 40 heavy (non-hydrogen) atoms. The molecule has 0 bridgehead atoms. The number of nitrogens with zero attached hydrogens (tertiary/aromatic N) is 2. The second-order valence-electron chi connectivity index (χ2n) is 9.65. The van der Waals surface area contributed by atoms with Crippen LogP contribution in [0.2, 0.25) is 0 Å². The molecule has 0 aliphatic rings. The first kappa shape index (κ1) is 37.6. The largest absolute Gasteiger partial charge is 0.355 e. The van der Waals surface area contributed by atoms with Crippen LogP contribution in [0, 0.1) is 0 Å². The van der Waals surface area contributed by atoms with Gasteiger partial charge in [-0.25, -0.2) is 0 Å². The van der Waals surface area contributed by atoms with Crippen LogP contribution in [-0.4, -0.2) is 125 Å². The summed E-state index contributed by atoms with van der Waals surface area (Å²) in [5.41, 5.74) is 21.8. The fourth-order valence-electron chi connectivity index (χ4n) is 4.01. The molecule has 0 aliphatic carbocycles. The maximum Gasteiger partial charge on any atom is 0.220 e. The average Bonchev–Trinajstić information content (AvgIpc) is 2.94. The normalized spacial score (nSPS) is 11.1. The Labute approximate surface area is 240 Å². The molecule has 0 fully saturated rings. The molecule has 0 aliphatic heterocycles. The summed E-state index contributed by atoms with van der Waals surface area (Å²) in [5.74, 6) is -0.0777. The van der Waals surface area contributed by atoms with Crippen molar-refractivity contribution < 1.29 is 19.2 Å². The summed E-state index contributed by atoms with van der Waals surface area (Å²) in [6.07, 6.45) is 4.41. The summed E-state index contributed by atoms with van der Waals surface area (Å²) in [6, 6.07) is 0. The van der Waals surface area contributed by atoms with Crippen LogP contribution in [0.4, 0.5) is 0 Å². The van der Waals surface area contributed by atoms with E-state index in [-0.39, 0.29) is 23.6 Å². The predicted octanol–water partition coefficient (Wildman–Crippen LogP) is -2.99. The fourth-order valence-corrected chi connectivity index (χ4v) is 4.01. The first-order chi connectivity index (χ1) is 19.4. The van der Waals surface area contributed by atoms with Gasteiger partial charge in [-0.3, -0.25) is 19.2 Å². The number of carbonyl (C=O) groups is 4. The molecule has 0 aromatic heterocycles. The third kappa shape index (κ3) is 23.5. The highest BCUT2D eigenvalue weighted by molar-refractivity contribution is 5.76. The molecule has 0 atom stereocenters. The van der Waals surface area contributed by atoms with Gasteiger partial charge in [-0.05, 0) is 51.9 Å². The Bertz CT molecular complexity index is 576. The van der Waals surface area contributed by atoms with Gasteiger partial charge in [-0.2, -0.15) is 0 Å². The number of rotatable bonds is 27. The van der Waals surface area contributed by atoms with E-state index in [0.29, 0.717) is 104 Å². The smallest absolute Gasteiger partial charge is 0.220 e. The van der Waals surface area contributed by atoms with Crippen molar-refractivity contribution in [2.24, 2.45) is 22.9 Å². The summed E-state index contributed by atoms with van der Waals surface area (Å²) in [4.78, 5) is 52.5. The standard InChI is InChI=1S/C26H56N10O4/c27-9-13-31-23(37)5-1-17-35(18-2-6-24(38)32-14-10-28)21-22-36(19-3-7-25(39)33-15-11-29)20-4-8-26(40)34-16-12-30/h1-22,27-30H2,(H,31,37)(H,32,38)(H,33,39)(H,34,40). The Balaban J connectivity index is 4.96. The number of nitrogens with two attached hydrogens (primary N) is 4. The van der Waals surface area contributed by atoms with E-state index in [4.69, 9.17) is 22.9 Å². The van der Waals surface area contributed by atoms with Crippen LogP contribution in [0.25, 0.3) is 0 Å². The van der Waals surface area contributed by atoms with Crippen molar-refractivity contribution in [2.75, 3.05) is 91.6 Å². The van der Waals surface area contributed by atoms with Crippen molar-refractivity contribution in [1.82, 2.24) is 31.1 Å². The maximum absolute atomic E-state index is 12.0. The van der Waals surface area contributed by atoms with Crippen molar-refractivity contribution in [3.8, 4) is 0 Å². The molecular weight excluding hydrogens is 516 g/mol. The highest BCUT2D eigenvalue weighted by Gasteiger charge is 2.13. The van der Waals surface area contributed by atoms with Crippen molar-refractivity contribution >= 4 is 23.6 Å². The zero-order valence-corrected chi connectivity index (χ0v) is 24.4. The Hall–Kier alpha value is -2.36. The number of hydrogen-bond acceptors (Lipinski definition) is 10. The number of carbonyl (C=O) groups excluding carboxylic acids is 4. The van der Waals surface area contributed by atoms with E-state index in [2.05, 4.69) is 31.1 Å². The molecule has 4 amide bonds. The summed E-state index contributed by atoms with van der Waals surface area (Å²) < 4.78 is 0. The lowest BCUT2D eigenvalue weighted by Gasteiger charge is -2.28. The topological polar surface area (TPSA) is 227 Å². The third-order valence-electron chi connectivity index (χ3n) is 6.11. The first-order valence-corrected chi connectivity index (χ1v) is 14.7. The summed E-state index contributed by atoms with van der Waals surface area (Å²) >= 11 is 0. The van der Waals surface area contributed by atoms with Gasteiger partial charge in [0.1, 0.15) is 0 Å². The highest BCUT2D eigenvalue weighted by Crippen LogP contribution is 2.05. The van der Waals surface area contributed by atoms with E-state index < -0.39 is 0 Å². The molecule has 12 N–H and O–H groups in total. The lowest BCUT2D eigenvalue weighted by molar-refractivity contribution is -0.122. The fraction of sp³-hybridized carbons (Fsp3) is 0.846. The Morgan fingerprint density at radius 3 is 0.825 bits per heavy atom. The molecule has 0 spiro atoms. The van der Waals surface area contributed by atoms with Crippen LogP contribution in [0.5, 0.6) is 0 Å². The molecule has 0 radical (unpaired) electrons. The van der Waals surface area contributed by atoms with Crippen LogP contribution in [0.15, 0.2) is 0 Å². The zero-order valence-electron chi connectivity index (χ0n) is 24.4. The maximum atomic E-state index is 12.0. The minimum absolute atomic E-state index is 0.0194. The van der Waals surface area contributed by atoms with E-state index in [1.807, 2.05) is 0 Å². The van der Waals surface area contributed by atoms with Crippen LogP contribution in [0.1, 0.15) is 51.4 Å². The summed E-state index contributed by atoms with van der Waals surface area (Å²) in [5, 5.41) is 11.2. The van der Waals surface area contributed by atoms with Crippen molar-refractivity contribution in [2.45, 2.75) is 51.4 Å². The summed E-state index contributed by atoms with van der Waals surface area (Å²) in [7, 11) is 0. The molecule has 0 saturated heterocycles. The van der Waals surface area contributed by atoms with Gasteiger partial charge in [0.25, 0.3) is 0 Å². The van der Waals surface area contributed by atoms with Crippen LogP contribution in [-0.2, 0) is 19.2 Å². The number of amides is 4. The predicted molar refractivity (Wildman–Crippen MR) is 158 cm³/mol. The molecule has 0 aromatic carbocycles. The number of hydrogen-bond donors (Lipinski definition) is 8. The van der Waals surface area contributed by atoms with Gasteiger partial charge in [0.15, 0.2) is 0 Å². The van der Waals surface area contributed by atoms with Crippen molar-refractivity contribution in [1.29, 1.82) is 0 Å². The van der Waals surface area contributed by atoms with Crippen LogP contribution >= 0.6 is 0 Å². The average molecular weight is 573 g/mol. The van der Waals surface area contributed by atoms with Gasteiger partial charge in [-0.15, -0.1) is 0 Å². The SMILES string of the molecule is NCCNC(=O)CCCN(CCCC(=O)NCCN)CCN(CCCC(=O)NCCN)CCCC(=O)NCCN. The number of nitrogens with one attached hydrogen (secondary N) is 4. The van der Waals surface area contributed by atoms with Crippen LogP contribution in [0.3, 0.4) is 0 Å². The minimum atomic E-state index is -0.0194. The molecule has 0 unspecified atom stereocenters. The van der Waals surface area contributed by atoms with Gasteiger partial charge in [0.05, 0.1) is 0 Å². The molecule has 234 valence electrons. The molecule has 14 nitrogen and oxygen atoms in total. The van der Waals surface area contributed by atoms with E-state index in [0.717, 1.165) is 39.3 Å². The molecule has 0 rings (SSSR count). The van der Waals surface area contributed by atoms with E-state index in [1.54, 1.807) is 0 Å². The Morgan fingerprint density at radius 1 is 0.400 bits per heavy atom. The molecule has 0 saturated carbocycles. The van der Waals surface area contributed by atoms with E-state index >= 15 is 0 Å². The Kier molecular flexibility index (Phi) is 25.3. The zero-order chi connectivity index (χ0) is 29.8. The van der Waals surface area contributed by atoms with Gasteiger partial charge in [-0.1, -0.05) is 0 Å². The van der Waals surface area contributed by atoms with Crippen molar-refractivity contribution in [3.63, 3.8) is 0 Å². The Morgan fingerprint density at radius 2 is 0.625 bits per heavy atom. The quantitative estimate of drug-likeness (QED) is 0.0498. The van der Waals surface area contributed by atoms with Crippen LogP contribution < -0.4 is 44.2 Å². The molecule has 14 heteroatoms. The van der Waals surface area contributed by atoms with Gasteiger partial charge < -0.3 is 54.0 Å². The third-order valence-corrected chi connectivity index (χ3v) is 6.11. The van der Waals surface area contributed by atoms with E-state index in [9.17, 15) is 19.2 Å². The van der Waals surface area contributed by atoms with Gasteiger partial charge in [0, 0.05) is 91.1 Å². The second kappa shape index (κ2) is 26.8. The van der Waals surface area contributed by atoms with Gasteiger partial charge >= 0.3 is 0 Å². The molecule has 0 aromatic rings. The summed E-state index contributed by atoms with van der Waals surface area (Å²) in [6.45, 7) is 7.84. The van der Waals surface area contributed by atoms with E-state index in [1.165, 1.54) is 0 Å². The lowest BCUT2D eigenvalue weighted by Crippen LogP contribution is -2.39. The lowest BCUT2D eigenvalue weighted by atomic mass is 10.2. The highest BCUT2D eigenvalue weighted by atomic mass is 16.2. The van der Waals surface area contributed by atoms with Crippen molar-refractivity contribution in [3.05, 3.63) is 0 Å². The monoisotopic (exact) mass is 572 g/mol. The molecule has 0 heterocycles. The second-order valence-corrected chi connectivity index (χ2v) is 9.65. The molecular formula is C26H56N10O4. The van der Waals surface area contributed by atoms with Gasteiger partial charge in [0.2, 0.25) is 23.6 Å².